The summed E-state index contributed by atoms with van der Waals surface area (Å²) in [6, 6.07) is 1.90. The highest BCUT2D eigenvalue weighted by atomic mass is 35.5. The molecule has 2 saturated heterocycles. The van der Waals surface area contributed by atoms with Crippen molar-refractivity contribution in [2.24, 2.45) is 5.92 Å². The molecule has 27 heavy (non-hydrogen) atoms. The number of hydrogen-bond acceptors (Lipinski definition) is 6. The number of aromatic nitrogens is 3. The molecule has 2 fully saturated rings. The van der Waals surface area contributed by atoms with E-state index in [-0.39, 0.29) is 5.91 Å². The van der Waals surface area contributed by atoms with E-state index in [1.807, 2.05) is 6.07 Å². The lowest BCUT2D eigenvalue weighted by atomic mass is 10.0. The van der Waals surface area contributed by atoms with Gasteiger partial charge in [0.05, 0.1) is 30.0 Å². The van der Waals surface area contributed by atoms with Crippen LogP contribution in [-0.2, 0) is 4.79 Å². The van der Waals surface area contributed by atoms with Crippen molar-refractivity contribution in [2.75, 3.05) is 34.8 Å². The molecule has 2 aromatic heterocycles. The minimum Gasteiger partial charge on any atom is -0.355 e. The number of nitrogens with zero attached hydrogens (tertiary/aromatic N) is 5. The van der Waals surface area contributed by atoms with Crippen LogP contribution in [0.4, 0.5) is 23.1 Å². The molecule has 2 aromatic rings. The summed E-state index contributed by atoms with van der Waals surface area (Å²) in [5, 5.41) is 3.75. The Bertz CT molecular complexity index is 845. The maximum atomic E-state index is 12.0. The van der Waals surface area contributed by atoms with E-state index in [9.17, 15) is 4.79 Å². The summed E-state index contributed by atoms with van der Waals surface area (Å²) in [5.74, 6) is 2.00. The average Bonchev–Trinajstić information content (AvgIpc) is 3.09. The highest BCUT2D eigenvalue weighted by Gasteiger charge is 2.23. The number of carbonyl (C=O) groups excluding carboxylic acids is 1. The van der Waals surface area contributed by atoms with Crippen LogP contribution in [0.3, 0.4) is 0 Å². The molecular formula is C19H23ClN6O. The van der Waals surface area contributed by atoms with Gasteiger partial charge < -0.3 is 15.1 Å². The number of halogens is 1. The first-order chi connectivity index (χ1) is 13.1. The first-order valence-electron chi connectivity index (χ1n) is 9.40. The van der Waals surface area contributed by atoms with Crippen LogP contribution in [-0.4, -0.2) is 40.5 Å². The standard InChI is InChI=1S/C19H23ClN6O/c1-13-4-2-6-25(12-13)18-16(20)11-22-19(24-18)23-14-8-15(10-21-9-14)26-7-3-5-17(26)27/h8-11,13H,2-7,12H2,1H3,(H,22,23,24). The molecule has 1 amide bonds. The zero-order chi connectivity index (χ0) is 18.8. The predicted octanol–water partition coefficient (Wildman–Crippen LogP) is 3.63. The molecule has 4 heterocycles. The molecule has 0 aliphatic carbocycles. The Morgan fingerprint density at radius 3 is 2.89 bits per heavy atom. The average molecular weight is 387 g/mol. The molecule has 0 aromatic carbocycles. The maximum absolute atomic E-state index is 12.0. The number of amides is 1. The van der Waals surface area contributed by atoms with E-state index >= 15 is 0 Å². The van der Waals surface area contributed by atoms with E-state index in [0.29, 0.717) is 23.3 Å². The molecule has 1 unspecified atom stereocenters. The van der Waals surface area contributed by atoms with Gasteiger partial charge in [-0.05, 0) is 31.2 Å². The monoisotopic (exact) mass is 386 g/mol. The van der Waals surface area contributed by atoms with Gasteiger partial charge in [-0.15, -0.1) is 0 Å². The van der Waals surface area contributed by atoms with Gasteiger partial charge in [0.2, 0.25) is 11.9 Å². The molecule has 7 nitrogen and oxygen atoms in total. The number of piperidine rings is 1. The van der Waals surface area contributed by atoms with Crippen LogP contribution < -0.4 is 15.1 Å². The third kappa shape index (κ3) is 3.98. The second kappa shape index (κ2) is 7.68. The molecule has 8 heteroatoms. The Labute approximate surface area is 163 Å². The Hall–Kier alpha value is -2.41. The fourth-order valence-electron chi connectivity index (χ4n) is 3.72. The van der Waals surface area contributed by atoms with Gasteiger partial charge in [-0.25, -0.2) is 4.98 Å². The zero-order valence-electron chi connectivity index (χ0n) is 15.4. The minimum absolute atomic E-state index is 0.137. The van der Waals surface area contributed by atoms with Crippen LogP contribution in [0.25, 0.3) is 0 Å². The van der Waals surface area contributed by atoms with Gasteiger partial charge in [0, 0.05) is 26.1 Å². The number of pyridine rings is 1. The van der Waals surface area contributed by atoms with Crippen molar-refractivity contribution in [3.05, 3.63) is 29.7 Å². The summed E-state index contributed by atoms with van der Waals surface area (Å²) in [4.78, 5) is 29.1. The molecule has 0 radical (unpaired) electrons. The van der Waals surface area contributed by atoms with Gasteiger partial charge in [-0.2, -0.15) is 4.98 Å². The van der Waals surface area contributed by atoms with Crippen molar-refractivity contribution < 1.29 is 4.79 Å². The van der Waals surface area contributed by atoms with Crippen molar-refractivity contribution in [3.8, 4) is 0 Å². The Morgan fingerprint density at radius 2 is 2.11 bits per heavy atom. The molecule has 4 rings (SSSR count). The lowest BCUT2D eigenvalue weighted by molar-refractivity contribution is -0.117. The fraction of sp³-hybridized carbons (Fsp3) is 0.474. The van der Waals surface area contributed by atoms with Crippen molar-refractivity contribution in [2.45, 2.75) is 32.6 Å². The van der Waals surface area contributed by atoms with Crippen molar-refractivity contribution in [1.82, 2.24) is 15.0 Å². The lowest BCUT2D eigenvalue weighted by Gasteiger charge is -2.32. The first kappa shape index (κ1) is 18.0. The first-order valence-corrected chi connectivity index (χ1v) is 9.78. The van der Waals surface area contributed by atoms with Crippen LogP contribution in [0.5, 0.6) is 0 Å². The molecule has 0 spiro atoms. The third-order valence-corrected chi connectivity index (χ3v) is 5.31. The summed E-state index contributed by atoms with van der Waals surface area (Å²) >= 11 is 6.36. The molecule has 1 N–H and O–H groups in total. The van der Waals surface area contributed by atoms with Gasteiger partial charge in [0.25, 0.3) is 0 Å². The lowest BCUT2D eigenvalue weighted by Crippen LogP contribution is -2.35. The summed E-state index contributed by atoms with van der Waals surface area (Å²) in [7, 11) is 0. The summed E-state index contributed by atoms with van der Waals surface area (Å²) in [6.45, 7) is 4.88. The van der Waals surface area contributed by atoms with E-state index in [2.05, 4.69) is 32.1 Å². The second-order valence-electron chi connectivity index (χ2n) is 7.26. The van der Waals surface area contributed by atoms with E-state index < -0.39 is 0 Å². The molecule has 2 aliphatic rings. The number of rotatable bonds is 4. The van der Waals surface area contributed by atoms with E-state index in [0.717, 1.165) is 49.7 Å². The van der Waals surface area contributed by atoms with E-state index in [1.165, 1.54) is 6.42 Å². The molecule has 0 bridgehead atoms. The van der Waals surface area contributed by atoms with Crippen molar-refractivity contribution >= 4 is 40.6 Å². The Kier molecular flexibility index (Phi) is 5.11. The van der Waals surface area contributed by atoms with Gasteiger partial charge in [-0.3, -0.25) is 9.78 Å². The highest BCUT2D eigenvalue weighted by molar-refractivity contribution is 6.32. The molecular weight excluding hydrogens is 364 g/mol. The Balaban J connectivity index is 1.54. The topological polar surface area (TPSA) is 74.2 Å². The largest absolute Gasteiger partial charge is 0.355 e. The summed E-state index contributed by atoms with van der Waals surface area (Å²) in [5.41, 5.74) is 1.54. The molecule has 1 atom stereocenters. The van der Waals surface area contributed by atoms with Crippen molar-refractivity contribution in [1.29, 1.82) is 0 Å². The molecule has 2 aliphatic heterocycles. The van der Waals surface area contributed by atoms with E-state index in [4.69, 9.17) is 11.6 Å². The maximum Gasteiger partial charge on any atom is 0.229 e. The van der Waals surface area contributed by atoms with Crippen LogP contribution in [0, 0.1) is 5.92 Å². The number of nitrogens with one attached hydrogen (secondary N) is 1. The number of carbonyl (C=O) groups is 1. The molecule has 0 saturated carbocycles. The smallest absolute Gasteiger partial charge is 0.229 e. The summed E-state index contributed by atoms with van der Waals surface area (Å²) < 4.78 is 0. The Morgan fingerprint density at radius 1 is 1.22 bits per heavy atom. The molecule has 142 valence electrons. The highest BCUT2D eigenvalue weighted by Crippen LogP contribution is 2.29. The van der Waals surface area contributed by atoms with Crippen LogP contribution in [0.15, 0.2) is 24.7 Å². The number of hydrogen-bond donors (Lipinski definition) is 1. The van der Waals surface area contributed by atoms with Gasteiger partial charge >= 0.3 is 0 Å². The quantitative estimate of drug-likeness (QED) is 0.864. The predicted molar refractivity (Wildman–Crippen MR) is 107 cm³/mol. The fourth-order valence-corrected chi connectivity index (χ4v) is 3.93. The SMILES string of the molecule is CC1CCCN(c2nc(Nc3cncc(N4CCCC4=O)c3)ncc2Cl)C1. The zero-order valence-corrected chi connectivity index (χ0v) is 16.1. The van der Waals surface area contributed by atoms with E-state index in [1.54, 1.807) is 23.5 Å². The van der Waals surface area contributed by atoms with Gasteiger partial charge in [0.15, 0.2) is 5.82 Å². The second-order valence-corrected chi connectivity index (χ2v) is 7.67. The number of anilines is 4. The van der Waals surface area contributed by atoms with Crippen LogP contribution in [0.2, 0.25) is 5.02 Å². The van der Waals surface area contributed by atoms with Gasteiger partial charge in [0.1, 0.15) is 5.02 Å². The van der Waals surface area contributed by atoms with Crippen LogP contribution in [0.1, 0.15) is 32.6 Å². The van der Waals surface area contributed by atoms with Gasteiger partial charge in [-0.1, -0.05) is 18.5 Å². The van der Waals surface area contributed by atoms with Crippen molar-refractivity contribution in [3.63, 3.8) is 0 Å². The minimum atomic E-state index is 0.137. The third-order valence-electron chi connectivity index (χ3n) is 5.05. The van der Waals surface area contributed by atoms with Crippen LogP contribution >= 0.6 is 11.6 Å². The normalized spacial score (nSPS) is 20.2. The summed E-state index contributed by atoms with van der Waals surface area (Å²) in [6.07, 6.45) is 8.89.